The number of thioether (sulfide) groups is 1. The fourth-order valence-corrected chi connectivity index (χ4v) is 4.10. The van der Waals surface area contributed by atoms with E-state index in [4.69, 9.17) is 0 Å². The lowest BCUT2D eigenvalue weighted by Crippen LogP contribution is -2.34. The van der Waals surface area contributed by atoms with E-state index in [1.54, 1.807) is 6.92 Å². The molecular formula is C22H22F3N3O3S. The van der Waals surface area contributed by atoms with E-state index in [-0.39, 0.29) is 33.9 Å². The number of carbonyl (C=O) groups excluding carboxylic acids is 1. The number of rotatable bonds is 6. The van der Waals surface area contributed by atoms with Gasteiger partial charge in [0.25, 0.3) is 11.5 Å². The largest absolute Gasteiger partial charge is 0.418 e. The molecule has 0 aliphatic heterocycles. The number of amides is 1. The number of carbonyl (C=O) groups is 1. The Labute approximate surface area is 185 Å². The number of anilines is 1. The molecule has 170 valence electrons. The number of hydrogen-bond acceptors (Lipinski definition) is 4. The van der Waals surface area contributed by atoms with Crippen LogP contribution < -0.4 is 16.6 Å². The summed E-state index contributed by atoms with van der Waals surface area (Å²) < 4.78 is 41.9. The number of nitrogens with zero attached hydrogens (tertiary/aromatic N) is 1. The Bertz CT molecular complexity index is 1280. The van der Waals surface area contributed by atoms with Gasteiger partial charge < -0.3 is 10.3 Å². The van der Waals surface area contributed by atoms with Gasteiger partial charge in [-0.05, 0) is 49.7 Å². The highest BCUT2D eigenvalue weighted by atomic mass is 32.2. The minimum absolute atomic E-state index is 0.00739. The maximum atomic E-state index is 13.6. The zero-order valence-electron chi connectivity index (χ0n) is 17.7. The van der Waals surface area contributed by atoms with Gasteiger partial charge in [0, 0.05) is 22.3 Å². The smallest absolute Gasteiger partial charge is 0.321 e. The van der Waals surface area contributed by atoms with E-state index in [2.05, 4.69) is 10.3 Å². The van der Waals surface area contributed by atoms with Crippen molar-refractivity contribution in [3.8, 4) is 0 Å². The molecule has 0 aliphatic rings. The van der Waals surface area contributed by atoms with E-state index in [9.17, 15) is 27.6 Å². The summed E-state index contributed by atoms with van der Waals surface area (Å²) in [5, 5.41) is 2.65. The van der Waals surface area contributed by atoms with E-state index in [0.29, 0.717) is 4.90 Å². The summed E-state index contributed by atoms with van der Waals surface area (Å²) >= 11 is 1.33. The first-order valence-corrected chi connectivity index (χ1v) is 10.9. The Morgan fingerprint density at radius 2 is 1.88 bits per heavy atom. The Kier molecular flexibility index (Phi) is 6.82. The van der Waals surface area contributed by atoms with Crippen LogP contribution in [0.15, 0.2) is 50.9 Å². The van der Waals surface area contributed by atoms with Crippen LogP contribution in [-0.2, 0) is 12.7 Å². The van der Waals surface area contributed by atoms with Crippen LogP contribution in [0.2, 0.25) is 0 Å². The third-order valence-electron chi connectivity index (χ3n) is 5.02. The predicted molar refractivity (Wildman–Crippen MR) is 120 cm³/mol. The summed E-state index contributed by atoms with van der Waals surface area (Å²) in [4.78, 5) is 40.0. The van der Waals surface area contributed by atoms with Gasteiger partial charge in [-0.1, -0.05) is 13.8 Å². The zero-order chi connectivity index (χ0) is 23.6. The van der Waals surface area contributed by atoms with E-state index < -0.39 is 28.9 Å². The van der Waals surface area contributed by atoms with Crippen LogP contribution in [0.1, 0.15) is 43.1 Å². The first kappa shape index (κ1) is 23.6. The van der Waals surface area contributed by atoms with Crippen LogP contribution in [0.3, 0.4) is 0 Å². The maximum absolute atomic E-state index is 13.6. The molecule has 3 aromatic rings. The molecule has 0 fully saturated rings. The SMILES string of the molecule is CCC(C)Sc1ccc(NC(=O)c2ccc3c(=O)n(CC)c(=O)[nH]c3c2)c(C(F)(F)F)c1. The number of aromatic nitrogens is 2. The van der Waals surface area contributed by atoms with Gasteiger partial charge in [0.15, 0.2) is 0 Å². The van der Waals surface area contributed by atoms with E-state index in [1.165, 1.54) is 42.1 Å². The van der Waals surface area contributed by atoms with Gasteiger partial charge >= 0.3 is 11.9 Å². The lowest BCUT2D eigenvalue weighted by molar-refractivity contribution is -0.137. The molecule has 0 aliphatic carbocycles. The average Bonchev–Trinajstić information content (AvgIpc) is 2.73. The summed E-state index contributed by atoms with van der Waals surface area (Å²) in [7, 11) is 0. The molecule has 0 saturated heterocycles. The van der Waals surface area contributed by atoms with Crippen molar-refractivity contribution in [3.05, 3.63) is 68.4 Å². The van der Waals surface area contributed by atoms with Gasteiger partial charge in [-0.3, -0.25) is 14.2 Å². The van der Waals surface area contributed by atoms with Crippen molar-refractivity contribution in [3.63, 3.8) is 0 Å². The predicted octanol–water partition coefficient (Wildman–Crippen LogP) is 4.87. The molecule has 2 N–H and O–H groups in total. The summed E-state index contributed by atoms with van der Waals surface area (Å²) in [5.41, 5.74) is -2.31. The number of fused-ring (bicyclic) bond motifs is 1. The van der Waals surface area contributed by atoms with Gasteiger partial charge in [0.2, 0.25) is 0 Å². The molecule has 1 unspecified atom stereocenters. The second kappa shape index (κ2) is 9.23. The molecule has 10 heteroatoms. The third kappa shape index (κ3) is 4.90. The monoisotopic (exact) mass is 465 g/mol. The molecule has 32 heavy (non-hydrogen) atoms. The first-order valence-electron chi connectivity index (χ1n) is 10.0. The number of benzene rings is 2. The molecule has 1 heterocycles. The number of alkyl halides is 3. The molecule has 0 spiro atoms. The average molecular weight is 465 g/mol. The van der Waals surface area contributed by atoms with E-state index >= 15 is 0 Å². The molecular weight excluding hydrogens is 443 g/mol. The van der Waals surface area contributed by atoms with Crippen molar-refractivity contribution in [1.82, 2.24) is 9.55 Å². The minimum atomic E-state index is -4.66. The van der Waals surface area contributed by atoms with Crippen LogP contribution >= 0.6 is 11.8 Å². The summed E-state index contributed by atoms with van der Waals surface area (Å²) in [6, 6.07) is 7.76. The molecule has 6 nitrogen and oxygen atoms in total. The van der Waals surface area contributed by atoms with Crippen LogP contribution in [-0.4, -0.2) is 20.7 Å². The van der Waals surface area contributed by atoms with Crippen molar-refractivity contribution in [1.29, 1.82) is 0 Å². The second-order valence-electron chi connectivity index (χ2n) is 7.24. The van der Waals surface area contributed by atoms with Crippen LogP contribution in [0.4, 0.5) is 18.9 Å². The number of hydrogen-bond donors (Lipinski definition) is 2. The Morgan fingerprint density at radius 3 is 2.50 bits per heavy atom. The lowest BCUT2D eigenvalue weighted by Gasteiger charge is -2.16. The van der Waals surface area contributed by atoms with Crippen LogP contribution in [0.25, 0.3) is 10.9 Å². The van der Waals surface area contributed by atoms with Crippen molar-refractivity contribution in [2.24, 2.45) is 0 Å². The highest BCUT2D eigenvalue weighted by Gasteiger charge is 2.34. The van der Waals surface area contributed by atoms with Gasteiger partial charge in [-0.2, -0.15) is 13.2 Å². The number of aromatic amines is 1. The highest BCUT2D eigenvalue weighted by molar-refractivity contribution is 7.99. The number of halogens is 3. The summed E-state index contributed by atoms with van der Waals surface area (Å²) in [6.07, 6.45) is -3.85. The maximum Gasteiger partial charge on any atom is 0.418 e. The Balaban J connectivity index is 1.96. The standard InChI is InChI=1S/C22H22F3N3O3S/c1-4-12(3)32-14-7-9-17(16(11-14)22(23,24)25)26-19(29)13-6-8-15-18(10-13)27-21(31)28(5-2)20(15)30/h6-12H,4-5H2,1-3H3,(H,26,29)(H,27,31). The quantitative estimate of drug-likeness (QED) is 0.509. The molecule has 0 radical (unpaired) electrons. The van der Waals surface area contributed by atoms with Crippen molar-refractivity contribution < 1.29 is 18.0 Å². The van der Waals surface area contributed by atoms with Gasteiger partial charge in [-0.15, -0.1) is 11.8 Å². The number of H-pyrrole nitrogens is 1. The van der Waals surface area contributed by atoms with Gasteiger partial charge in [0.1, 0.15) is 0 Å². The van der Waals surface area contributed by atoms with Crippen molar-refractivity contribution in [2.45, 2.75) is 50.1 Å². The summed E-state index contributed by atoms with van der Waals surface area (Å²) in [5.74, 6) is -0.791. The third-order valence-corrected chi connectivity index (χ3v) is 6.28. The normalized spacial score (nSPS) is 12.7. The van der Waals surface area contributed by atoms with E-state index in [0.717, 1.165) is 17.1 Å². The van der Waals surface area contributed by atoms with Gasteiger partial charge in [-0.25, -0.2) is 4.79 Å². The zero-order valence-corrected chi connectivity index (χ0v) is 18.5. The van der Waals surface area contributed by atoms with Crippen LogP contribution in [0, 0.1) is 0 Å². The van der Waals surface area contributed by atoms with Crippen molar-refractivity contribution >= 4 is 34.3 Å². The molecule has 1 atom stereocenters. The molecule has 3 rings (SSSR count). The molecule has 0 bridgehead atoms. The van der Waals surface area contributed by atoms with Gasteiger partial charge in [0.05, 0.1) is 22.2 Å². The Hall–Kier alpha value is -3.01. The topological polar surface area (TPSA) is 84.0 Å². The molecule has 0 saturated carbocycles. The highest BCUT2D eigenvalue weighted by Crippen LogP contribution is 2.38. The second-order valence-corrected chi connectivity index (χ2v) is 8.75. The fourth-order valence-electron chi connectivity index (χ4n) is 3.13. The lowest BCUT2D eigenvalue weighted by atomic mass is 10.1. The molecule has 1 amide bonds. The fraction of sp³-hybridized carbons (Fsp3) is 0.318. The number of nitrogens with one attached hydrogen (secondary N) is 2. The minimum Gasteiger partial charge on any atom is -0.321 e. The molecule has 1 aromatic heterocycles. The first-order chi connectivity index (χ1) is 15.0. The van der Waals surface area contributed by atoms with Crippen LogP contribution in [0.5, 0.6) is 0 Å². The summed E-state index contributed by atoms with van der Waals surface area (Å²) in [6.45, 7) is 5.70. The Morgan fingerprint density at radius 1 is 1.16 bits per heavy atom. The van der Waals surface area contributed by atoms with Crippen molar-refractivity contribution in [2.75, 3.05) is 5.32 Å². The van der Waals surface area contributed by atoms with E-state index in [1.807, 2.05) is 13.8 Å². The molecule has 2 aromatic carbocycles.